The highest BCUT2D eigenvalue weighted by atomic mass is 16.2. The van der Waals surface area contributed by atoms with E-state index in [1.54, 1.807) is 0 Å². The van der Waals surface area contributed by atoms with Crippen LogP contribution in [0.5, 0.6) is 0 Å². The summed E-state index contributed by atoms with van der Waals surface area (Å²) in [6.07, 6.45) is 14.5. The molecular formula is C21H45N3O2. The van der Waals surface area contributed by atoms with Crippen molar-refractivity contribution in [2.75, 3.05) is 27.2 Å². The Morgan fingerprint density at radius 2 is 0.962 bits per heavy atom. The maximum atomic E-state index is 11.6. The molecule has 0 heterocycles. The van der Waals surface area contributed by atoms with Gasteiger partial charge in [-0.2, -0.15) is 0 Å². The minimum Gasteiger partial charge on any atom is -0.356 e. The number of carbonyl (C=O) groups excluding carboxylic acids is 2. The first-order valence-corrected chi connectivity index (χ1v) is 10.7. The third-order valence-electron chi connectivity index (χ3n) is 4.00. The zero-order chi connectivity index (χ0) is 19.9. The summed E-state index contributed by atoms with van der Waals surface area (Å²) in [4.78, 5) is 23.0. The molecule has 0 aliphatic carbocycles. The van der Waals surface area contributed by atoms with E-state index in [9.17, 15) is 9.59 Å². The van der Waals surface area contributed by atoms with E-state index in [1.807, 2.05) is 21.0 Å². The fraction of sp³-hybridized carbons (Fsp3) is 0.905. The van der Waals surface area contributed by atoms with Crippen LogP contribution in [0.15, 0.2) is 0 Å². The first-order chi connectivity index (χ1) is 12.6. The molecule has 0 saturated carbocycles. The molecule has 0 saturated heterocycles. The molecule has 3 N–H and O–H groups in total. The topological polar surface area (TPSA) is 70.2 Å². The van der Waals surface area contributed by atoms with Gasteiger partial charge in [0, 0.05) is 25.9 Å². The van der Waals surface area contributed by atoms with E-state index in [2.05, 4.69) is 22.9 Å². The van der Waals surface area contributed by atoms with E-state index in [0.29, 0.717) is 19.4 Å². The molecule has 0 aromatic rings. The number of rotatable bonds is 16. The maximum absolute atomic E-state index is 11.6. The van der Waals surface area contributed by atoms with Crippen molar-refractivity contribution in [3.63, 3.8) is 0 Å². The molecule has 156 valence electrons. The first-order valence-electron chi connectivity index (χ1n) is 10.7. The second kappa shape index (κ2) is 23.9. The molecule has 5 nitrogen and oxygen atoms in total. The number of carbonyl (C=O) groups is 2. The van der Waals surface area contributed by atoms with Crippen LogP contribution in [-0.4, -0.2) is 39.0 Å². The Morgan fingerprint density at radius 3 is 1.38 bits per heavy atom. The van der Waals surface area contributed by atoms with Crippen LogP contribution in [0.2, 0.25) is 0 Å². The normalized spacial score (nSPS) is 10.0. The van der Waals surface area contributed by atoms with Gasteiger partial charge in [-0.05, 0) is 26.9 Å². The quantitative estimate of drug-likeness (QED) is 0.357. The Hall–Kier alpha value is -1.10. The van der Waals surface area contributed by atoms with Gasteiger partial charge in [-0.25, -0.2) is 0 Å². The van der Waals surface area contributed by atoms with Crippen LogP contribution in [0, 0.1) is 0 Å². The smallest absolute Gasteiger partial charge is 0.220 e. The van der Waals surface area contributed by atoms with Gasteiger partial charge in [0.2, 0.25) is 11.8 Å². The fourth-order valence-corrected chi connectivity index (χ4v) is 2.51. The first kappa shape index (κ1) is 27.1. The molecule has 0 unspecified atom stereocenters. The van der Waals surface area contributed by atoms with Crippen molar-refractivity contribution in [2.45, 2.75) is 97.3 Å². The molecule has 0 aliphatic rings. The van der Waals surface area contributed by atoms with Gasteiger partial charge in [0.25, 0.3) is 0 Å². The van der Waals surface area contributed by atoms with Crippen LogP contribution in [0.1, 0.15) is 97.3 Å². The lowest BCUT2D eigenvalue weighted by Crippen LogP contribution is -2.28. The van der Waals surface area contributed by atoms with Crippen LogP contribution < -0.4 is 16.0 Å². The lowest BCUT2D eigenvalue weighted by Gasteiger charge is -2.06. The Kier molecular flexibility index (Phi) is 24.9. The van der Waals surface area contributed by atoms with Crippen LogP contribution in [0.25, 0.3) is 0 Å². The molecule has 26 heavy (non-hydrogen) atoms. The molecule has 0 radical (unpaired) electrons. The van der Waals surface area contributed by atoms with Crippen LogP contribution in [0.4, 0.5) is 0 Å². The third kappa shape index (κ3) is 25.1. The van der Waals surface area contributed by atoms with Crippen molar-refractivity contribution in [2.24, 2.45) is 0 Å². The summed E-state index contributed by atoms with van der Waals surface area (Å²) in [5.74, 6) is -0.0338. The van der Waals surface area contributed by atoms with Crippen LogP contribution in [-0.2, 0) is 9.59 Å². The summed E-state index contributed by atoms with van der Waals surface area (Å²) in [6.45, 7) is 5.70. The van der Waals surface area contributed by atoms with Gasteiger partial charge in [-0.15, -0.1) is 0 Å². The van der Waals surface area contributed by atoms with Gasteiger partial charge in [0.05, 0.1) is 0 Å². The highest BCUT2D eigenvalue weighted by Gasteiger charge is 2.05. The Labute approximate surface area is 162 Å². The number of amides is 2. The lowest BCUT2D eigenvalue weighted by atomic mass is 10.1. The molecule has 0 fully saturated rings. The maximum Gasteiger partial charge on any atom is 0.220 e. The zero-order valence-corrected chi connectivity index (χ0v) is 17.9. The summed E-state index contributed by atoms with van der Waals surface area (Å²) in [5, 5.41) is 8.43. The fourth-order valence-electron chi connectivity index (χ4n) is 2.51. The van der Waals surface area contributed by atoms with E-state index in [-0.39, 0.29) is 11.8 Å². The zero-order valence-electron chi connectivity index (χ0n) is 17.9. The molecule has 0 atom stereocenters. The molecule has 0 rings (SSSR count). The van der Waals surface area contributed by atoms with E-state index in [1.165, 1.54) is 57.8 Å². The summed E-state index contributed by atoms with van der Waals surface area (Å²) in [6, 6.07) is 0. The third-order valence-corrected chi connectivity index (χ3v) is 4.00. The van der Waals surface area contributed by atoms with Gasteiger partial charge >= 0.3 is 0 Å². The van der Waals surface area contributed by atoms with E-state index in [4.69, 9.17) is 0 Å². The van der Waals surface area contributed by atoms with Gasteiger partial charge in [-0.3, -0.25) is 9.59 Å². The van der Waals surface area contributed by atoms with E-state index >= 15 is 0 Å². The van der Waals surface area contributed by atoms with Crippen molar-refractivity contribution < 1.29 is 9.59 Å². The molecule has 0 aromatic heterocycles. The second-order valence-electron chi connectivity index (χ2n) is 6.88. The number of unbranched alkanes of at least 4 members (excludes halogenated alkanes) is 9. The molecule has 0 bridgehead atoms. The van der Waals surface area contributed by atoms with Crippen molar-refractivity contribution in [1.82, 2.24) is 16.0 Å². The summed E-state index contributed by atoms with van der Waals surface area (Å²) in [5.41, 5.74) is 0. The number of hydrogen-bond donors (Lipinski definition) is 3. The number of hydrogen-bond acceptors (Lipinski definition) is 3. The summed E-state index contributed by atoms with van der Waals surface area (Å²) >= 11 is 0. The molecule has 5 heteroatoms. The largest absolute Gasteiger partial charge is 0.356 e. The van der Waals surface area contributed by atoms with Gasteiger partial charge in [-0.1, -0.05) is 71.6 Å². The Balaban J connectivity index is 0. The minimum absolute atomic E-state index is 0.00688. The highest BCUT2D eigenvalue weighted by molar-refractivity contribution is 5.83. The van der Waals surface area contributed by atoms with Gasteiger partial charge in [0.1, 0.15) is 0 Å². The molecule has 0 aliphatic heterocycles. The number of nitrogens with one attached hydrogen (secondary N) is 3. The van der Waals surface area contributed by atoms with E-state index < -0.39 is 0 Å². The van der Waals surface area contributed by atoms with Crippen LogP contribution in [0.3, 0.4) is 0 Å². The second-order valence-corrected chi connectivity index (χ2v) is 6.88. The predicted molar refractivity (Wildman–Crippen MR) is 112 cm³/mol. The van der Waals surface area contributed by atoms with Crippen molar-refractivity contribution >= 4 is 11.8 Å². The van der Waals surface area contributed by atoms with Gasteiger partial charge in [0.15, 0.2) is 0 Å². The Morgan fingerprint density at radius 1 is 0.577 bits per heavy atom. The molecule has 2 amide bonds. The minimum atomic E-state index is -0.0269. The van der Waals surface area contributed by atoms with E-state index in [0.717, 1.165) is 19.4 Å². The summed E-state index contributed by atoms with van der Waals surface area (Å²) in [7, 11) is 3.75. The average molecular weight is 372 g/mol. The van der Waals surface area contributed by atoms with Crippen molar-refractivity contribution in [3.05, 3.63) is 0 Å². The monoisotopic (exact) mass is 371 g/mol. The predicted octanol–water partition coefficient (Wildman–Crippen LogP) is 4.17. The standard InChI is InChI=1S/C19H38N2O2.C2H7N/c1-3-5-6-7-8-9-10-11-12-13-17-21-19(23)15-14-18(22)20-16-4-2;1-3-2/h3-17H2,1-2H3,(H,20,22)(H,21,23);3H,1-2H3. The van der Waals surface area contributed by atoms with Gasteiger partial charge < -0.3 is 16.0 Å². The molecular weight excluding hydrogens is 326 g/mol. The van der Waals surface area contributed by atoms with Crippen molar-refractivity contribution in [1.29, 1.82) is 0 Å². The summed E-state index contributed by atoms with van der Waals surface area (Å²) < 4.78 is 0. The van der Waals surface area contributed by atoms with Crippen LogP contribution >= 0.6 is 0 Å². The SMILES string of the molecule is CCCCCCCCCCCCNC(=O)CCC(=O)NCCC.CNC. The average Bonchev–Trinajstić information content (AvgIpc) is 2.63. The lowest BCUT2D eigenvalue weighted by molar-refractivity contribution is -0.126. The highest BCUT2D eigenvalue weighted by Crippen LogP contribution is 2.10. The Bertz CT molecular complexity index is 310. The molecule has 0 spiro atoms. The van der Waals surface area contributed by atoms with Crippen molar-refractivity contribution in [3.8, 4) is 0 Å². The molecule has 0 aromatic carbocycles.